The smallest absolute Gasteiger partial charge is 0.222 e. The average Bonchev–Trinajstić information content (AvgIpc) is 3.12. The minimum atomic E-state index is 0.340. The van der Waals surface area contributed by atoms with Crippen LogP contribution in [0.2, 0.25) is 0 Å². The second-order valence-corrected chi connectivity index (χ2v) is 8.81. The number of rotatable bonds is 4. The van der Waals surface area contributed by atoms with E-state index in [0.717, 1.165) is 64.3 Å². The summed E-state index contributed by atoms with van der Waals surface area (Å²) in [5, 5.41) is 0. The molecule has 3 heterocycles. The lowest BCUT2D eigenvalue weighted by molar-refractivity contribution is -0.142. The van der Waals surface area contributed by atoms with Crippen LogP contribution in [0.3, 0.4) is 0 Å². The van der Waals surface area contributed by atoms with E-state index >= 15 is 0 Å². The minimum Gasteiger partial charge on any atom is -0.496 e. The fourth-order valence-corrected chi connectivity index (χ4v) is 5.21. The first-order valence-corrected chi connectivity index (χ1v) is 10.4. The van der Waals surface area contributed by atoms with Gasteiger partial charge in [-0.1, -0.05) is 18.2 Å². The van der Waals surface area contributed by atoms with Gasteiger partial charge in [-0.3, -0.25) is 9.69 Å². The van der Waals surface area contributed by atoms with Crippen molar-refractivity contribution in [3.05, 3.63) is 29.8 Å². The van der Waals surface area contributed by atoms with Crippen LogP contribution < -0.4 is 4.74 Å². The molecule has 1 amide bonds. The summed E-state index contributed by atoms with van der Waals surface area (Å²) in [4.78, 5) is 19.7. The number of hydrogen-bond donors (Lipinski definition) is 0. The first-order chi connectivity index (χ1) is 13.1. The molecule has 4 rings (SSSR count). The van der Waals surface area contributed by atoms with Crippen LogP contribution in [-0.2, 0) is 11.3 Å². The number of likely N-dealkylation sites (tertiary alicyclic amines) is 3. The Hall–Kier alpha value is -1.59. The Kier molecular flexibility index (Phi) is 5.42. The minimum absolute atomic E-state index is 0.340. The lowest BCUT2D eigenvalue weighted by Crippen LogP contribution is -2.54. The van der Waals surface area contributed by atoms with Crippen molar-refractivity contribution in [3.63, 3.8) is 0 Å². The first kappa shape index (κ1) is 18.8. The molecule has 0 aromatic heterocycles. The van der Waals surface area contributed by atoms with Crippen LogP contribution in [0, 0.1) is 5.41 Å². The van der Waals surface area contributed by atoms with Gasteiger partial charge >= 0.3 is 0 Å². The highest BCUT2D eigenvalue weighted by Gasteiger charge is 2.43. The van der Waals surface area contributed by atoms with Gasteiger partial charge in [-0.05, 0) is 63.8 Å². The van der Waals surface area contributed by atoms with Crippen LogP contribution in [-0.4, -0.2) is 73.5 Å². The van der Waals surface area contributed by atoms with E-state index in [1.165, 1.54) is 18.4 Å². The van der Waals surface area contributed by atoms with Crippen molar-refractivity contribution in [2.45, 2.75) is 44.7 Å². The van der Waals surface area contributed by atoms with Crippen LogP contribution in [0.4, 0.5) is 0 Å². The van der Waals surface area contributed by atoms with Gasteiger partial charge in [0.05, 0.1) is 7.11 Å². The second-order valence-electron chi connectivity index (χ2n) is 8.81. The van der Waals surface area contributed by atoms with E-state index in [9.17, 15) is 4.79 Å². The highest BCUT2D eigenvalue weighted by molar-refractivity contribution is 5.77. The van der Waals surface area contributed by atoms with Gasteiger partial charge in [0.15, 0.2) is 0 Å². The molecule has 1 spiro atoms. The number of amides is 1. The summed E-state index contributed by atoms with van der Waals surface area (Å²) in [5.74, 6) is 1.37. The van der Waals surface area contributed by atoms with Gasteiger partial charge in [0.25, 0.3) is 0 Å². The van der Waals surface area contributed by atoms with E-state index in [4.69, 9.17) is 4.74 Å². The highest BCUT2D eigenvalue weighted by Crippen LogP contribution is 2.41. The van der Waals surface area contributed by atoms with Crippen molar-refractivity contribution >= 4 is 5.91 Å². The molecule has 0 bridgehead atoms. The number of nitrogens with zero attached hydrogens (tertiary/aromatic N) is 3. The molecule has 0 N–H and O–H groups in total. The van der Waals surface area contributed by atoms with Gasteiger partial charge in [0.1, 0.15) is 5.75 Å². The predicted octanol–water partition coefficient (Wildman–Crippen LogP) is 2.60. The summed E-state index contributed by atoms with van der Waals surface area (Å²) < 4.78 is 5.51. The number of ether oxygens (including phenoxy) is 1. The molecule has 0 aliphatic carbocycles. The second kappa shape index (κ2) is 7.80. The number of piperidine rings is 2. The molecular weight excluding hydrogens is 338 g/mol. The summed E-state index contributed by atoms with van der Waals surface area (Å²) in [6, 6.07) is 8.77. The summed E-state index contributed by atoms with van der Waals surface area (Å²) in [6.45, 7) is 6.33. The van der Waals surface area contributed by atoms with Gasteiger partial charge in [0.2, 0.25) is 5.91 Å². The Bertz CT molecular complexity index is 669. The largest absolute Gasteiger partial charge is 0.496 e. The molecule has 0 saturated carbocycles. The maximum atomic E-state index is 12.6. The molecule has 3 fully saturated rings. The molecule has 3 aliphatic rings. The summed E-state index contributed by atoms with van der Waals surface area (Å²) >= 11 is 0. The standard InChI is InChI=1S/C22H33N3O2/c1-23-12-8-19(16-23)25-17-22(9-7-21(25)26)10-13-24(14-11-22)15-18-5-3-4-6-20(18)27-2/h3-6,19H,7-17H2,1-2H3. The Morgan fingerprint density at radius 1 is 1.15 bits per heavy atom. The van der Waals surface area contributed by atoms with Crippen LogP contribution in [0.15, 0.2) is 24.3 Å². The quantitative estimate of drug-likeness (QED) is 0.815. The summed E-state index contributed by atoms with van der Waals surface area (Å²) in [7, 11) is 3.92. The monoisotopic (exact) mass is 371 g/mol. The van der Waals surface area contributed by atoms with Crippen LogP contribution in [0.1, 0.15) is 37.7 Å². The molecule has 148 valence electrons. The van der Waals surface area contributed by atoms with E-state index in [-0.39, 0.29) is 0 Å². The molecule has 1 aromatic rings. The van der Waals surface area contributed by atoms with E-state index in [2.05, 4.69) is 33.9 Å². The SMILES string of the molecule is COc1ccccc1CN1CCC2(CCC(=O)N(C3CCN(C)C3)C2)CC1. The lowest BCUT2D eigenvalue weighted by atomic mass is 9.72. The average molecular weight is 372 g/mol. The third kappa shape index (κ3) is 3.99. The number of carbonyl (C=O) groups excluding carboxylic acids is 1. The van der Waals surface area contributed by atoms with Crippen molar-refractivity contribution in [3.8, 4) is 5.75 Å². The van der Waals surface area contributed by atoms with Crippen LogP contribution in [0.5, 0.6) is 5.75 Å². The number of para-hydroxylation sites is 1. The number of benzene rings is 1. The number of carbonyl (C=O) groups is 1. The number of hydrogen-bond acceptors (Lipinski definition) is 4. The number of likely N-dealkylation sites (N-methyl/N-ethyl adjacent to an activating group) is 1. The van der Waals surface area contributed by atoms with E-state index in [0.29, 0.717) is 17.4 Å². The third-order valence-corrected chi connectivity index (χ3v) is 7.01. The zero-order chi connectivity index (χ0) is 18.9. The molecule has 5 nitrogen and oxygen atoms in total. The molecule has 1 atom stereocenters. The Morgan fingerprint density at radius 2 is 1.93 bits per heavy atom. The molecule has 1 unspecified atom stereocenters. The Labute approximate surface area is 163 Å². The van der Waals surface area contributed by atoms with Crippen molar-refractivity contribution in [2.75, 3.05) is 46.9 Å². The van der Waals surface area contributed by atoms with Gasteiger partial charge in [0, 0.05) is 37.7 Å². The topological polar surface area (TPSA) is 36.0 Å². The highest BCUT2D eigenvalue weighted by atomic mass is 16.5. The molecule has 5 heteroatoms. The van der Waals surface area contributed by atoms with Gasteiger partial charge < -0.3 is 14.5 Å². The van der Waals surface area contributed by atoms with Crippen molar-refractivity contribution in [1.29, 1.82) is 0 Å². The van der Waals surface area contributed by atoms with E-state index < -0.39 is 0 Å². The van der Waals surface area contributed by atoms with Crippen molar-refractivity contribution < 1.29 is 9.53 Å². The molecular formula is C22H33N3O2. The molecule has 27 heavy (non-hydrogen) atoms. The van der Waals surface area contributed by atoms with Crippen molar-refractivity contribution in [2.24, 2.45) is 5.41 Å². The molecule has 3 saturated heterocycles. The van der Waals surface area contributed by atoms with Crippen molar-refractivity contribution in [1.82, 2.24) is 14.7 Å². The van der Waals surface area contributed by atoms with Crippen LogP contribution >= 0.6 is 0 Å². The van der Waals surface area contributed by atoms with E-state index in [1.807, 2.05) is 12.1 Å². The van der Waals surface area contributed by atoms with Gasteiger partial charge in [-0.25, -0.2) is 0 Å². The Morgan fingerprint density at radius 3 is 2.63 bits per heavy atom. The molecule has 1 aromatic carbocycles. The lowest BCUT2D eigenvalue weighted by Gasteiger charge is -2.49. The van der Waals surface area contributed by atoms with Gasteiger partial charge in [-0.2, -0.15) is 0 Å². The van der Waals surface area contributed by atoms with Crippen LogP contribution in [0.25, 0.3) is 0 Å². The van der Waals surface area contributed by atoms with E-state index in [1.54, 1.807) is 7.11 Å². The summed E-state index contributed by atoms with van der Waals surface area (Å²) in [5.41, 5.74) is 1.61. The maximum Gasteiger partial charge on any atom is 0.222 e. The number of methoxy groups -OCH3 is 1. The normalized spacial score (nSPS) is 26.7. The predicted molar refractivity (Wildman–Crippen MR) is 107 cm³/mol. The van der Waals surface area contributed by atoms with Gasteiger partial charge in [-0.15, -0.1) is 0 Å². The summed E-state index contributed by atoms with van der Waals surface area (Å²) in [6.07, 6.45) is 5.36. The third-order valence-electron chi connectivity index (χ3n) is 7.01. The maximum absolute atomic E-state index is 12.6. The zero-order valence-corrected chi connectivity index (χ0v) is 16.8. The molecule has 3 aliphatic heterocycles. The fraction of sp³-hybridized carbons (Fsp3) is 0.682. The molecule has 0 radical (unpaired) electrons. The fourth-order valence-electron chi connectivity index (χ4n) is 5.21. The first-order valence-electron chi connectivity index (χ1n) is 10.4. The zero-order valence-electron chi connectivity index (χ0n) is 16.8. The Balaban J connectivity index is 1.37.